The second-order valence-electron chi connectivity index (χ2n) is 4.37. The van der Waals surface area contributed by atoms with Gasteiger partial charge in [0.15, 0.2) is 0 Å². The summed E-state index contributed by atoms with van der Waals surface area (Å²) >= 11 is 7.06. The van der Waals surface area contributed by atoms with Crippen LogP contribution in [0.1, 0.15) is 37.3 Å². The van der Waals surface area contributed by atoms with E-state index in [0.717, 1.165) is 21.9 Å². The molecular formula is C13H17BrN2S2. The smallest absolute Gasteiger partial charge is 0.133 e. The number of hydrogen-bond donors (Lipinski definition) is 1. The summed E-state index contributed by atoms with van der Waals surface area (Å²) in [5.74, 6) is 0.479. The summed E-state index contributed by atoms with van der Waals surface area (Å²) < 4.78 is 1.16. The Morgan fingerprint density at radius 2 is 2.11 bits per heavy atom. The lowest BCUT2D eigenvalue weighted by Gasteiger charge is -2.04. The molecule has 0 aliphatic carbocycles. The second-order valence-corrected chi connectivity index (χ2v) is 7.91. The van der Waals surface area contributed by atoms with E-state index in [1.165, 1.54) is 15.4 Å². The topological polar surface area (TPSA) is 24.9 Å². The number of hydrogen-bond acceptors (Lipinski definition) is 4. The number of thiophene rings is 1. The monoisotopic (exact) mass is 344 g/mol. The highest BCUT2D eigenvalue weighted by molar-refractivity contribution is 9.11. The van der Waals surface area contributed by atoms with Crippen molar-refractivity contribution in [3.8, 4) is 9.88 Å². The second kappa shape index (κ2) is 6.28. The van der Waals surface area contributed by atoms with Crippen LogP contribution >= 0.6 is 38.6 Å². The lowest BCUT2D eigenvalue weighted by atomic mass is 10.1. The fourth-order valence-corrected chi connectivity index (χ4v) is 4.34. The number of nitrogens with one attached hydrogen (secondary N) is 1. The zero-order chi connectivity index (χ0) is 13.1. The van der Waals surface area contributed by atoms with Crippen molar-refractivity contribution in [2.24, 2.45) is 0 Å². The lowest BCUT2D eigenvalue weighted by Crippen LogP contribution is -2.12. The first-order valence-corrected chi connectivity index (χ1v) is 8.50. The Kier molecular flexibility index (Phi) is 4.95. The molecule has 2 heterocycles. The van der Waals surface area contributed by atoms with Gasteiger partial charge in [-0.1, -0.05) is 20.8 Å². The molecule has 0 saturated heterocycles. The summed E-state index contributed by atoms with van der Waals surface area (Å²) in [6.07, 6.45) is 0. The molecule has 5 heteroatoms. The fourth-order valence-electron chi connectivity index (χ4n) is 1.71. The third kappa shape index (κ3) is 3.20. The van der Waals surface area contributed by atoms with Crippen molar-refractivity contribution in [3.63, 3.8) is 0 Å². The Labute approximate surface area is 125 Å². The van der Waals surface area contributed by atoms with E-state index in [1.807, 2.05) is 11.3 Å². The molecular weight excluding hydrogens is 328 g/mol. The van der Waals surface area contributed by atoms with Crippen molar-refractivity contribution in [3.05, 3.63) is 26.5 Å². The molecule has 0 amide bonds. The van der Waals surface area contributed by atoms with Gasteiger partial charge in [-0.25, -0.2) is 4.98 Å². The summed E-state index contributed by atoms with van der Waals surface area (Å²) in [6.45, 7) is 8.47. The van der Waals surface area contributed by atoms with Crippen molar-refractivity contribution < 1.29 is 0 Å². The molecule has 0 spiro atoms. The molecule has 2 rings (SSSR count). The van der Waals surface area contributed by atoms with Gasteiger partial charge in [0.05, 0.1) is 14.4 Å². The average molecular weight is 345 g/mol. The van der Waals surface area contributed by atoms with Crippen molar-refractivity contribution in [2.45, 2.75) is 33.2 Å². The molecule has 1 N–H and O–H groups in total. The van der Waals surface area contributed by atoms with E-state index in [4.69, 9.17) is 4.98 Å². The highest BCUT2D eigenvalue weighted by atomic mass is 79.9. The zero-order valence-electron chi connectivity index (χ0n) is 10.8. The minimum absolute atomic E-state index is 0.479. The Hall–Kier alpha value is -0.230. The lowest BCUT2D eigenvalue weighted by molar-refractivity contribution is 0.714. The maximum atomic E-state index is 4.81. The fraction of sp³-hybridized carbons (Fsp3) is 0.462. The van der Waals surface area contributed by atoms with Crippen LogP contribution in [0.25, 0.3) is 9.88 Å². The van der Waals surface area contributed by atoms with Crippen molar-refractivity contribution in [1.82, 2.24) is 10.3 Å². The van der Waals surface area contributed by atoms with E-state index in [9.17, 15) is 0 Å². The molecule has 0 bridgehead atoms. The highest BCUT2D eigenvalue weighted by Gasteiger charge is 2.15. The standard InChI is InChI=1S/C13H17BrN2S2/c1-4-15-7-10-12(8(2)3)16-13(18-10)9-5-6-11(14)17-9/h5-6,8,15H,4,7H2,1-3H3. The first-order chi connectivity index (χ1) is 8.61. The van der Waals surface area contributed by atoms with E-state index < -0.39 is 0 Å². The van der Waals surface area contributed by atoms with Gasteiger partial charge in [0.2, 0.25) is 0 Å². The van der Waals surface area contributed by atoms with E-state index in [-0.39, 0.29) is 0 Å². The molecule has 0 radical (unpaired) electrons. The summed E-state index contributed by atoms with van der Waals surface area (Å²) in [7, 11) is 0. The first-order valence-electron chi connectivity index (χ1n) is 6.07. The van der Waals surface area contributed by atoms with Gasteiger partial charge < -0.3 is 5.32 Å². The zero-order valence-corrected chi connectivity index (χ0v) is 14.0. The third-order valence-electron chi connectivity index (χ3n) is 2.59. The van der Waals surface area contributed by atoms with Gasteiger partial charge >= 0.3 is 0 Å². The highest BCUT2D eigenvalue weighted by Crippen LogP contribution is 2.36. The first kappa shape index (κ1) is 14.2. The summed E-state index contributed by atoms with van der Waals surface area (Å²) in [4.78, 5) is 7.43. The Morgan fingerprint density at radius 3 is 2.67 bits per heavy atom. The number of aromatic nitrogens is 1. The maximum absolute atomic E-state index is 4.81. The number of halogens is 1. The van der Waals surface area contributed by atoms with Crippen LogP contribution in [0.4, 0.5) is 0 Å². The van der Waals surface area contributed by atoms with Gasteiger partial charge in [-0.2, -0.15) is 0 Å². The van der Waals surface area contributed by atoms with Crippen LogP contribution in [0, 0.1) is 0 Å². The Morgan fingerprint density at radius 1 is 1.33 bits per heavy atom. The van der Waals surface area contributed by atoms with Gasteiger partial charge in [-0.05, 0) is 40.5 Å². The molecule has 2 aromatic rings. The molecule has 0 atom stereocenters. The van der Waals surface area contributed by atoms with Crippen LogP contribution in [0.2, 0.25) is 0 Å². The number of thiazole rings is 1. The Bertz CT molecular complexity index is 517. The summed E-state index contributed by atoms with van der Waals surface area (Å²) in [5, 5.41) is 4.54. The summed E-state index contributed by atoms with van der Waals surface area (Å²) in [6, 6.07) is 4.22. The van der Waals surface area contributed by atoms with Gasteiger partial charge in [0.1, 0.15) is 5.01 Å². The molecule has 0 saturated carbocycles. The maximum Gasteiger partial charge on any atom is 0.133 e. The van der Waals surface area contributed by atoms with Crippen LogP contribution in [0.15, 0.2) is 15.9 Å². The molecule has 0 aromatic carbocycles. The van der Waals surface area contributed by atoms with Gasteiger partial charge in [0.25, 0.3) is 0 Å². The van der Waals surface area contributed by atoms with Crippen molar-refractivity contribution in [2.75, 3.05) is 6.54 Å². The average Bonchev–Trinajstić information content (AvgIpc) is 2.92. The van der Waals surface area contributed by atoms with Crippen LogP contribution in [0.5, 0.6) is 0 Å². The van der Waals surface area contributed by atoms with E-state index in [2.05, 4.69) is 54.2 Å². The third-order valence-corrected chi connectivity index (χ3v) is 5.46. The molecule has 0 aliphatic heterocycles. The molecule has 0 fully saturated rings. The van der Waals surface area contributed by atoms with Crippen LogP contribution < -0.4 is 5.32 Å². The van der Waals surface area contributed by atoms with E-state index in [0.29, 0.717) is 5.92 Å². The molecule has 0 aliphatic rings. The minimum atomic E-state index is 0.479. The van der Waals surface area contributed by atoms with Gasteiger partial charge in [-0.3, -0.25) is 0 Å². The Balaban J connectivity index is 2.32. The normalized spacial score (nSPS) is 11.4. The molecule has 18 heavy (non-hydrogen) atoms. The van der Waals surface area contributed by atoms with E-state index in [1.54, 1.807) is 11.3 Å². The molecule has 2 nitrogen and oxygen atoms in total. The van der Waals surface area contributed by atoms with Crippen LogP contribution in [0.3, 0.4) is 0 Å². The van der Waals surface area contributed by atoms with E-state index >= 15 is 0 Å². The largest absolute Gasteiger partial charge is 0.312 e. The molecule has 0 unspecified atom stereocenters. The predicted octanol–water partition coefficient (Wildman–Crippen LogP) is 4.87. The number of nitrogens with zero attached hydrogens (tertiary/aromatic N) is 1. The van der Waals surface area contributed by atoms with Crippen LogP contribution in [-0.4, -0.2) is 11.5 Å². The quantitative estimate of drug-likeness (QED) is 0.836. The number of rotatable bonds is 5. The van der Waals surface area contributed by atoms with Crippen molar-refractivity contribution >= 4 is 38.6 Å². The predicted molar refractivity (Wildman–Crippen MR) is 84.6 cm³/mol. The molecule has 2 aromatic heterocycles. The summed E-state index contributed by atoms with van der Waals surface area (Å²) in [5.41, 5.74) is 1.24. The van der Waals surface area contributed by atoms with Gasteiger partial charge in [-0.15, -0.1) is 22.7 Å². The minimum Gasteiger partial charge on any atom is -0.312 e. The van der Waals surface area contributed by atoms with Crippen molar-refractivity contribution in [1.29, 1.82) is 0 Å². The SMILES string of the molecule is CCNCc1sc(-c2ccc(Br)s2)nc1C(C)C. The van der Waals surface area contributed by atoms with Crippen LogP contribution in [-0.2, 0) is 6.54 Å². The van der Waals surface area contributed by atoms with Gasteiger partial charge in [0, 0.05) is 11.4 Å². The molecule has 98 valence electrons.